The number of aromatic nitrogens is 2. The van der Waals surface area contributed by atoms with Gasteiger partial charge in [0, 0.05) is 19.3 Å². The number of hydrogen-bond acceptors (Lipinski definition) is 6. The number of carbonyl (C=O) groups excluding carboxylic acids is 1. The van der Waals surface area contributed by atoms with Gasteiger partial charge < -0.3 is 21.1 Å². The zero-order chi connectivity index (χ0) is 18.2. The van der Waals surface area contributed by atoms with Crippen LogP contribution in [0.3, 0.4) is 0 Å². The number of ether oxygens (including phenoxy) is 1. The lowest BCUT2D eigenvalue weighted by Crippen LogP contribution is -2.35. The SMILES string of the molecule is CC.CC(C)(C)OC(=O)NCCNc1c(N)cnc2cccnc12. The molecule has 0 saturated carbocycles. The second kappa shape index (κ2) is 8.90. The van der Waals surface area contributed by atoms with Crippen molar-refractivity contribution in [2.45, 2.75) is 40.2 Å². The number of fused-ring (bicyclic) bond motifs is 1. The number of amides is 1. The van der Waals surface area contributed by atoms with Gasteiger partial charge in [0.15, 0.2) is 0 Å². The summed E-state index contributed by atoms with van der Waals surface area (Å²) in [7, 11) is 0. The predicted octanol–water partition coefficient (Wildman–Crippen LogP) is 3.17. The van der Waals surface area contributed by atoms with Crippen LogP contribution < -0.4 is 16.4 Å². The molecule has 0 unspecified atom stereocenters. The third-order valence-electron chi connectivity index (χ3n) is 2.75. The quantitative estimate of drug-likeness (QED) is 0.743. The van der Waals surface area contributed by atoms with E-state index in [1.54, 1.807) is 12.4 Å². The standard InChI is InChI=1S/C15H21N5O2.C2H6/c1-15(2,3)22-14(21)19-8-7-18-12-10(16)9-20-11-5-4-6-17-13(11)12;1-2/h4-6,9H,7-8,16H2,1-3H3,(H,18,20)(H,19,21);1-2H3. The van der Waals surface area contributed by atoms with Crippen LogP contribution in [0.25, 0.3) is 11.0 Å². The lowest BCUT2D eigenvalue weighted by Gasteiger charge is -2.19. The fourth-order valence-corrected chi connectivity index (χ4v) is 1.89. The molecule has 2 aromatic heterocycles. The van der Waals surface area contributed by atoms with Gasteiger partial charge in [0.05, 0.1) is 23.1 Å². The Hall–Kier alpha value is -2.57. The van der Waals surface area contributed by atoms with Gasteiger partial charge in [0.1, 0.15) is 11.1 Å². The topological polar surface area (TPSA) is 102 Å². The second-order valence-corrected chi connectivity index (χ2v) is 5.82. The Bertz CT molecular complexity index is 668. The zero-order valence-electron chi connectivity index (χ0n) is 15.0. The minimum atomic E-state index is -0.507. The highest BCUT2D eigenvalue weighted by Crippen LogP contribution is 2.25. The van der Waals surface area contributed by atoms with Gasteiger partial charge in [-0.1, -0.05) is 13.8 Å². The molecule has 0 saturated heterocycles. The van der Waals surface area contributed by atoms with E-state index in [2.05, 4.69) is 20.6 Å². The van der Waals surface area contributed by atoms with Gasteiger partial charge in [-0.3, -0.25) is 9.97 Å². The summed E-state index contributed by atoms with van der Waals surface area (Å²) in [6.45, 7) is 10.4. The Kier molecular flexibility index (Phi) is 7.23. The van der Waals surface area contributed by atoms with Gasteiger partial charge >= 0.3 is 6.09 Å². The molecule has 0 atom stereocenters. The van der Waals surface area contributed by atoms with Crippen molar-refractivity contribution in [1.82, 2.24) is 15.3 Å². The molecule has 2 aromatic rings. The summed E-state index contributed by atoms with van der Waals surface area (Å²) in [5.74, 6) is 0. The molecule has 132 valence electrons. The normalized spacial score (nSPS) is 10.5. The van der Waals surface area contributed by atoms with E-state index in [9.17, 15) is 4.79 Å². The van der Waals surface area contributed by atoms with E-state index in [1.165, 1.54) is 0 Å². The third-order valence-corrected chi connectivity index (χ3v) is 2.75. The van der Waals surface area contributed by atoms with E-state index in [-0.39, 0.29) is 0 Å². The van der Waals surface area contributed by atoms with Crippen molar-refractivity contribution in [3.8, 4) is 0 Å². The first-order valence-corrected chi connectivity index (χ1v) is 8.07. The van der Waals surface area contributed by atoms with Crippen LogP contribution in [0.4, 0.5) is 16.2 Å². The number of alkyl carbamates (subject to hydrolysis) is 1. The van der Waals surface area contributed by atoms with E-state index < -0.39 is 11.7 Å². The molecule has 0 aliphatic rings. The molecule has 1 amide bonds. The summed E-state index contributed by atoms with van der Waals surface area (Å²) in [6, 6.07) is 3.69. The van der Waals surface area contributed by atoms with Crippen LogP contribution in [0, 0.1) is 0 Å². The van der Waals surface area contributed by atoms with E-state index >= 15 is 0 Å². The summed E-state index contributed by atoms with van der Waals surface area (Å²) in [4.78, 5) is 20.0. The lowest BCUT2D eigenvalue weighted by molar-refractivity contribution is 0.0530. The number of anilines is 2. The Morgan fingerprint density at radius 1 is 1.25 bits per heavy atom. The number of rotatable bonds is 4. The predicted molar refractivity (Wildman–Crippen MR) is 98.0 cm³/mol. The zero-order valence-corrected chi connectivity index (χ0v) is 15.0. The Morgan fingerprint density at radius 2 is 1.96 bits per heavy atom. The van der Waals surface area contributed by atoms with Gasteiger partial charge in [-0.05, 0) is 32.9 Å². The summed E-state index contributed by atoms with van der Waals surface area (Å²) < 4.78 is 5.16. The van der Waals surface area contributed by atoms with Crippen LogP contribution >= 0.6 is 0 Å². The van der Waals surface area contributed by atoms with Crippen LogP contribution in [0.15, 0.2) is 24.5 Å². The van der Waals surface area contributed by atoms with Crippen molar-refractivity contribution in [3.05, 3.63) is 24.5 Å². The number of carbonyl (C=O) groups is 1. The third kappa shape index (κ3) is 5.91. The smallest absolute Gasteiger partial charge is 0.407 e. The minimum Gasteiger partial charge on any atom is -0.444 e. The Morgan fingerprint density at radius 3 is 2.62 bits per heavy atom. The van der Waals surface area contributed by atoms with Gasteiger partial charge in [-0.15, -0.1) is 0 Å². The maximum atomic E-state index is 11.5. The molecule has 0 aromatic carbocycles. The molecule has 0 aliphatic carbocycles. The fourth-order valence-electron chi connectivity index (χ4n) is 1.89. The number of pyridine rings is 2. The van der Waals surface area contributed by atoms with Gasteiger partial charge in [0.2, 0.25) is 0 Å². The highest BCUT2D eigenvalue weighted by atomic mass is 16.6. The van der Waals surface area contributed by atoms with Gasteiger partial charge in [-0.2, -0.15) is 0 Å². The van der Waals surface area contributed by atoms with E-state index in [4.69, 9.17) is 10.5 Å². The molecular weight excluding hydrogens is 306 g/mol. The highest BCUT2D eigenvalue weighted by molar-refractivity contribution is 5.93. The molecule has 0 bridgehead atoms. The fraction of sp³-hybridized carbons (Fsp3) is 0.471. The maximum Gasteiger partial charge on any atom is 0.407 e. The van der Waals surface area contributed by atoms with Crippen molar-refractivity contribution in [3.63, 3.8) is 0 Å². The highest BCUT2D eigenvalue weighted by Gasteiger charge is 2.15. The van der Waals surface area contributed by atoms with Gasteiger partial charge in [-0.25, -0.2) is 4.79 Å². The van der Waals surface area contributed by atoms with Crippen LogP contribution in [-0.2, 0) is 4.74 Å². The second-order valence-electron chi connectivity index (χ2n) is 5.82. The van der Waals surface area contributed by atoms with Gasteiger partial charge in [0.25, 0.3) is 0 Å². The summed E-state index contributed by atoms with van der Waals surface area (Å²) in [5, 5.41) is 5.85. The Balaban J connectivity index is 0.00000139. The molecule has 4 N–H and O–H groups in total. The molecule has 0 fully saturated rings. The van der Waals surface area contributed by atoms with Crippen molar-refractivity contribution in [1.29, 1.82) is 0 Å². The molecule has 7 nitrogen and oxygen atoms in total. The number of nitrogens with one attached hydrogen (secondary N) is 2. The average molecular weight is 333 g/mol. The summed E-state index contributed by atoms with van der Waals surface area (Å²) in [5.41, 5.74) is 8.14. The molecule has 0 spiro atoms. The van der Waals surface area contributed by atoms with Crippen LogP contribution in [0.1, 0.15) is 34.6 Å². The molecule has 2 rings (SSSR count). The first kappa shape index (κ1) is 19.5. The Labute approximate surface area is 143 Å². The minimum absolute atomic E-state index is 0.408. The van der Waals surface area contributed by atoms with Crippen LogP contribution in [0.2, 0.25) is 0 Å². The summed E-state index contributed by atoms with van der Waals surface area (Å²) >= 11 is 0. The molecule has 24 heavy (non-hydrogen) atoms. The first-order chi connectivity index (χ1) is 11.4. The van der Waals surface area contributed by atoms with E-state index in [0.717, 1.165) is 11.2 Å². The lowest BCUT2D eigenvalue weighted by atomic mass is 10.2. The van der Waals surface area contributed by atoms with Crippen LogP contribution in [-0.4, -0.2) is 34.8 Å². The molecule has 0 radical (unpaired) electrons. The monoisotopic (exact) mass is 333 g/mol. The molecular formula is C17H27N5O2. The van der Waals surface area contributed by atoms with Crippen LogP contribution in [0.5, 0.6) is 0 Å². The number of nitrogens with two attached hydrogens (primary N) is 1. The largest absolute Gasteiger partial charge is 0.444 e. The number of nitrogens with zero attached hydrogens (tertiary/aromatic N) is 2. The summed E-state index contributed by atoms with van der Waals surface area (Å²) in [6.07, 6.45) is 2.83. The van der Waals surface area contributed by atoms with Crippen molar-refractivity contribution in [2.75, 3.05) is 24.1 Å². The number of hydrogen-bond donors (Lipinski definition) is 3. The molecule has 0 aliphatic heterocycles. The van der Waals surface area contributed by atoms with Crippen molar-refractivity contribution < 1.29 is 9.53 Å². The average Bonchev–Trinajstić information content (AvgIpc) is 2.53. The number of nitrogen functional groups attached to an aromatic ring is 1. The first-order valence-electron chi connectivity index (χ1n) is 8.07. The van der Waals surface area contributed by atoms with Crippen molar-refractivity contribution in [2.24, 2.45) is 0 Å². The van der Waals surface area contributed by atoms with E-state index in [1.807, 2.05) is 46.8 Å². The molecule has 2 heterocycles. The maximum absolute atomic E-state index is 11.5. The van der Waals surface area contributed by atoms with E-state index in [0.29, 0.717) is 24.3 Å². The van der Waals surface area contributed by atoms with Crippen molar-refractivity contribution >= 4 is 28.5 Å². The molecule has 7 heteroatoms.